The van der Waals surface area contributed by atoms with Gasteiger partial charge in [-0.3, -0.25) is 4.79 Å². The van der Waals surface area contributed by atoms with Crippen LogP contribution >= 0.6 is 0 Å². The van der Waals surface area contributed by atoms with E-state index in [1.807, 2.05) is 4.90 Å². The number of hydrogen-bond donors (Lipinski definition) is 0. The van der Waals surface area contributed by atoms with Gasteiger partial charge in [-0.25, -0.2) is 0 Å². The van der Waals surface area contributed by atoms with Crippen molar-refractivity contribution < 1.29 is 4.79 Å². The summed E-state index contributed by atoms with van der Waals surface area (Å²) in [6.45, 7) is 3.78. The van der Waals surface area contributed by atoms with Crippen LogP contribution in [0.25, 0.3) is 0 Å². The Balaban J connectivity index is 1.97. The van der Waals surface area contributed by atoms with Gasteiger partial charge in [0, 0.05) is 20.0 Å². The van der Waals surface area contributed by atoms with Crippen molar-refractivity contribution in [2.75, 3.05) is 13.1 Å². The second-order valence-corrected chi connectivity index (χ2v) is 4.58. The van der Waals surface area contributed by atoms with Gasteiger partial charge in [-0.15, -0.1) is 0 Å². The van der Waals surface area contributed by atoms with Gasteiger partial charge in [0.2, 0.25) is 5.91 Å². The highest BCUT2D eigenvalue weighted by Gasteiger charge is 2.34. The lowest BCUT2D eigenvalue weighted by atomic mass is 9.92. The first-order chi connectivity index (χ1) is 6.27. The predicted octanol–water partition coefficient (Wildman–Crippen LogP) is 2.04. The fraction of sp³-hybridized carbons (Fsp3) is 0.909. The van der Waals surface area contributed by atoms with Crippen molar-refractivity contribution in [2.45, 2.75) is 39.0 Å². The molecule has 2 rings (SSSR count). The summed E-state index contributed by atoms with van der Waals surface area (Å²) in [7, 11) is 0. The summed E-state index contributed by atoms with van der Waals surface area (Å²) < 4.78 is 0. The molecule has 0 bridgehead atoms. The van der Waals surface area contributed by atoms with Crippen LogP contribution in [-0.2, 0) is 4.79 Å². The highest BCUT2D eigenvalue weighted by molar-refractivity contribution is 5.73. The van der Waals surface area contributed by atoms with E-state index in [0.29, 0.717) is 0 Å². The molecule has 2 nitrogen and oxygen atoms in total. The minimum Gasteiger partial charge on any atom is -0.342 e. The molecule has 1 heterocycles. The Morgan fingerprint density at radius 2 is 1.62 bits per heavy atom. The van der Waals surface area contributed by atoms with Crippen molar-refractivity contribution in [3.05, 3.63) is 0 Å². The maximum Gasteiger partial charge on any atom is 0.219 e. The minimum atomic E-state index is 0.271. The molecule has 1 saturated heterocycles. The number of carbonyl (C=O) groups is 1. The number of carbonyl (C=O) groups excluding carboxylic acids is 1. The number of likely N-dealkylation sites (tertiary alicyclic amines) is 1. The third-order valence-electron chi connectivity index (χ3n) is 3.67. The Kier molecular flexibility index (Phi) is 2.56. The van der Waals surface area contributed by atoms with Crippen LogP contribution in [0.3, 0.4) is 0 Å². The molecule has 74 valence electrons. The van der Waals surface area contributed by atoms with E-state index in [9.17, 15) is 4.79 Å². The van der Waals surface area contributed by atoms with Crippen molar-refractivity contribution >= 4 is 5.91 Å². The predicted molar refractivity (Wildman–Crippen MR) is 52.3 cm³/mol. The van der Waals surface area contributed by atoms with Gasteiger partial charge in [-0.2, -0.15) is 0 Å². The summed E-state index contributed by atoms with van der Waals surface area (Å²) in [5, 5.41) is 0. The molecule has 13 heavy (non-hydrogen) atoms. The monoisotopic (exact) mass is 181 g/mol. The van der Waals surface area contributed by atoms with Gasteiger partial charge in [-0.05, 0) is 24.7 Å². The number of hydrogen-bond acceptors (Lipinski definition) is 1. The first-order valence-corrected chi connectivity index (χ1v) is 5.53. The molecule has 0 aromatic carbocycles. The quantitative estimate of drug-likeness (QED) is 0.560. The Morgan fingerprint density at radius 3 is 2.08 bits per heavy atom. The van der Waals surface area contributed by atoms with Crippen molar-refractivity contribution in [1.82, 2.24) is 4.90 Å². The average molecular weight is 181 g/mol. The molecule has 0 radical (unpaired) electrons. The van der Waals surface area contributed by atoms with Crippen molar-refractivity contribution in [3.8, 4) is 0 Å². The average Bonchev–Trinajstić information content (AvgIpc) is 2.38. The van der Waals surface area contributed by atoms with E-state index in [4.69, 9.17) is 0 Å². The molecule has 2 atom stereocenters. The fourth-order valence-electron chi connectivity index (χ4n) is 2.84. The molecule has 2 aliphatic rings. The van der Waals surface area contributed by atoms with Crippen LogP contribution in [0.4, 0.5) is 0 Å². The van der Waals surface area contributed by atoms with Gasteiger partial charge >= 0.3 is 0 Å². The van der Waals surface area contributed by atoms with Crippen molar-refractivity contribution in [1.29, 1.82) is 0 Å². The SMILES string of the molecule is CC(=O)N1C[C@H]2CCCCC[C@H]2C1. The molecule has 2 fully saturated rings. The molecular formula is C11H19NO. The van der Waals surface area contributed by atoms with Gasteiger partial charge in [0.15, 0.2) is 0 Å². The van der Waals surface area contributed by atoms with Crippen LogP contribution < -0.4 is 0 Å². The lowest BCUT2D eigenvalue weighted by Crippen LogP contribution is -2.26. The maximum atomic E-state index is 11.2. The largest absolute Gasteiger partial charge is 0.342 e. The fourth-order valence-corrected chi connectivity index (χ4v) is 2.84. The van der Waals surface area contributed by atoms with Crippen LogP contribution in [0, 0.1) is 11.8 Å². The van der Waals surface area contributed by atoms with Gasteiger partial charge in [0.25, 0.3) is 0 Å². The molecule has 1 saturated carbocycles. The van der Waals surface area contributed by atoms with E-state index >= 15 is 0 Å². The Bertz CT molecular complexity index is 188. The topological polar surface area (TPSA) is 20.3 Å². The second kappa shape index (κ2) is 3.69. The smallest absolute Gasteiger partial charge is 0.219 e. The van der Waals surface area contributed by atoms with Crippen LogP contribution in [0.5, 0.6) is 0 Å². The number of amides is 1. The number of rotatable bonds is 0. The molecule has 1 aliphatic heterocycles. The number of nitrogens with zero attached hydrogens (tertiary/aromatic N) is 1. The zero-order valence-electron chi connectivity index (χ0n) is 8.46. The normalized spacial score (nSPS) is 34.1. The highest BCUT2D eigenvalue weighted by atomic mass is 16.2. The van der Waals surface area contributed by atoms with Gasteiger partial charge in [-0.1, -0.05) is 19.3 Å². The Morgan fingerprint density at radius 1 is 1.08 bits per heavy atom. The minimum absolute atomic E-state index is 0.271. The zero-order valence-corrected chi connectivity index (χ0v) is 8.46. The molecule has 0 unspecified atom stereocenters. The van der Waals surface area contributed by atoms with E-state index in [-0.39, 0.29) is 5.91 Å². The number of fused-ring (bicyclic) bond motifs is 1. The van der Waals surface area contributed by atoms with Crippen LogP contribution in [0.2, 0.25) is 0 Å². The van der Waals surface area contributed by atoms with Crippen molar-refractivity contribution in [3.63, 3.8) is 0 Å². The van der Waals surface area contributed by atoms with Crippen LogP contribution in [0.15, 0.2) is 0 Å². The Hall–Kier alpha value is -0.530. The van der Waals surface area contributed by atoms with E-state index in [0.717, 1.165) is 24.9 Å². The van der Waals surface area contributed by atoms with E-state index < -0.39 is 0 Å². The molecule has 0 spiro atoms. The second-order valence-electron chi connectivity index (χ2n) is 4.58. The van der Waals surface area contributed by atoms with Crippen molar-refractivity contribution in [2.24, 2.45) is 11.8 Å². The molecular weight excluding hydrogens is 162 g/mol. The zero-order chi connectivity index (χ0) is 9.26. The van der Waals surface area contributed by atoms with E-state index in [1.165, 1.54) is 32.1 Å². The third-order valence-corrected chi connectivity index (χ3v) is 3.67. The lowest BCUT2D eigenvalue weighted by molar-refractivity contribution is -0.128. The van der Waals surface area contributed by atoms with Crippen LogP contribution in [0.1, 0.15) is 39.0 Å². The molecule has 0 aromatic heterocycles. The van der Waals surface area contributed by atoms with Gasteiger partial charge < -0.3 is 4.90 Å². The van der Waals surface area contributed by atoms with E-state index in [1.54, 1.807) is 6.92 Å². The summed E-state index contributed by atoms with van der Waals surface area (Å²) >= 11 is 0. The molecule has 2 heteroatoms. The highest BCUT2D eigenvalue weighted by Crippen LogP contribution is 2.34. The third kappa shape index (κ3) is 1.87. The first kappa shape index (κ1) is 9.04. The molecule has 0 aromatic rings. The van der Waals surface area contributed by atoms with Gasteiger partial charge in [0.1, 0.15) is 0 Å². The maximum absolute atomic E-state index is 11.2. The summed E-state index contributed by atoms with van der Waals surface area (Å²) in [5.74, 6) is 1.92. The first-order valence-electron chi connectivity index (χ1n) is 5.53. The standard InChI is InChI=1S/C11H19NO/c1-9(13)12-7-10-5-3-2-4-6-11(10)8-12/h10-11H,2-8H2,1H3/t10-,11+. The molecule has 1 amide bonds. The Labute approximate surface area is 80.3 Å². The summed E-state index contributed by atoms with van der Waals surface area (Å²) in [6.07, 6.45) is 6.88. The summed E-state index contributed by atoms with van der Waals surface area (Å²) in [6, 6.07) is 0. The van der Waals surface area contributed by atoms with Gasteiger partial charge in [0.05, 0.1) is 0 Å². The van der Waals surface area contributed by atoms with E-state index in [2.05, 4.69) is 0 Å². The molecule has 1 aliphatic carbocycles. The molecule has 0 N–H and O–H groups in total. The summed E-state index contributed by atoms with van der Waals surface area (Å²) in [5.41, 5.74) is 0. The lowest BCUT2D eigenvalue weighted by Gasteiger charge is -2.13. The van der Waals surface area contributed by atoms with Crippen LogP contribution in [-0.4, -0.2) is 23.9 Å². The summed E-state index contributed by atoms with van der Waals surface area (Å²) in [4.78, 5) is 13.2.